The highest BCUT2D eigenvalue weighted by Crippen LogP contribution is 2.55. The van der Waals surface area contributed by atoms with Gasteiger partial charge in [-0.1, -0.05) is 63.8 Å². The van der Waals surface area contributed by atoms with Gasteiger partial charge >= 0.3 is 0 Å². The molecule has 5 rings (SSSR count). The molecule has 3 heterocycles. The number of carbonyl (C=O) groups excluding carboxylic acids is 3. The second-order valence-electron chi connectivity index (χ2n) is 11.0. The van der Waals surface area contributed by atoms with Crippen molar-refractivity contribution in [1.29, 1.82) is 0 Å². The quantitative estimate of drug-likeness (QED) is 0.536. The van der Waals surface area contributed by atoms with Crippen LogP contribution in [0, 0.1) is 23.7 Å². The van der Waals surface area contributed by atoms with E-state index in [1.54, 1.807) is 29.2 Å². The van der Waals surface area contributed by atoms with Crippen molar-refractivity contribution in [2.24, 2.45) is 23.7 Å². The summed E-state index contributed by atoms with van der Waals surface area (Å²) in [4.78, 5) is 42.8. The maximum Gasteiger partial charge on any atom is 0.246 e. The number of nitrogens with one attached hydrogen (secondary N) is 2. The molecule has 1 saturated carbocycles. The van der Waals surface area contributed by atoms with Crippen LogP contribution < -0.4 is 10.6 Å². The second-order valence-corrected chi connectivity index (χ2v) is 11.4. The van der Waals surface area contributed by atoms with Crippen molar-refractivity contribution < 1.29 is 19.1 Å². The molecule has 3 aliphatic heterocycles. The van der Waals surface area contributed by atoms with Gasteiger partial charge in [-0.05, 0) is 48.9 Å². The van der Waals surface area contributed by atoms with Crippen LogP contribution in [0.1, 0.15) is 52.9 Å². The average Bonchev–Trinajstić information content (AvgIpc) is 3.49. The highest BCUT2D eigenvalue weighted by Gasteiger charge is 2.72. The lowest BCUT2D eigenvalue weighted by Gasteiger charge is -2.38. The number of unbranched alkanes of at least 4 members (excludes halogenated alkanes) is 1. The van der Waals surface area contributed by atoms with Gasteiger partial charge in [0.1, 0.15) is 11.6 Å². The maximum atomic E-state index is 13.9. The summed E-state index contributed by atoms with van der Waals surface area (Å²) in [5, 5.41) is 6.78. The first-order valence-electron chi connectivity index (χ1n) is 13.3. The molecule has 1 aromatic carbocycles. The Kier molecular flexibility index (Phi) is 6.90. The smallest absolute Gasteiger partial charge is 0.246 e. The minimum Gasteiger partial charge on any atom is -0.359 e. The van der Waals surface area contributed by atoms with Crippen LogP contribution in [-0.4, -0.2) is 53.0 Å². The summed E-state index contributed by atoms with van der Waals surface area (Å²) < 4.78 is 6.41. The molecule has 8 heteroatoms. The highest BCUT2D eigenvalue weighted by atomic mass is 35.5. The van der Waals surface area contributed by atoms with Gasteiger partial charge in [0, 0.05) is 23.3 Å². The first-order chi connectivity index (χ1) is 17.3. The Morgan fingerprint density at radius 3 is 2.64 bits per heavy atom. The lowest BCUT2D eigenvalue weighted by atomic mass is 9.73. The number of amides is 3. The molecule has 8 atom stereocenters. The van der Waals surface area contributed by atoms with E-state index in [1.165, 1.54) is 6.42 Å². The Hall–Kier alpha value is -2.38. The lowest BCUT2D eigenvalue weighted by Crippen LogP contribution is -2.58. The number of ether oxygens (including phenoxy) is 1. The van der Waals surface area contributed by atoms with Gasteiger partial charge in [-0.2, -0.15) is 0 Å². The van der Waals surface area contributed by atoms with Gasteiger partial charge in [0.05, 0.1) is 17.9 Å². The summed E-state index contributed by atoms with van der Waals surface area (Å²) in [7, 11) is 0. The van der Waals surface area contributed by atoms with E-state index in [9.17, 15) is 14.4 Å². The lowest BCUT2D eigenvalue weighted by molar-refractivity contribution is -0.141. The number of carbonyl (C=O) groups is 3. The first kappa shape index (κ1) is 25.3. The zero-order valence-corrected chi connectivity index (χ0v) is 22.0. The topological polar surface area (TPSA) is 87.7 Å². The normalized spacial score (nSPS) is 36.7. The van der Waals surface area contributed by atoms with Crippen LogP contribution in [0.5, 0.6) is 0 Å². The molecule has 3 fully saturated rings. The molecule has 4 aliphatic rings. The molecular formula is C28H36ClN3O4. The standard InChI is InChI=1S/C28H36ClN3O4/c1-4-5-15-32-24(26(34)31-20-8-6-7-16(2)17(20)3)28-14-13-21(36-28)22(23(28)27(32)35)25(33)30-19-11-9-18(29)10-12-19/h9-14,16-17,20-24H,4-8,15H2,1-3H3,(H,30,33)(H,31,34)/t16?,17?,20?,21-,22?,23-,24?,28?/m0/s1. The largest absolute Gasteiger partial charge is 0.359 e. The number of fused-ring (bicyclic) bond motifs is 1. The predicted molar refractivity (Wildman–Crippen MR) is 138 cm³/mol. The van der Waals surface area contributed by atoms with Crippen LogP contribution in [0.4, 0.5) is 5.69 Å². The fraction of sp³-hybridized carbons (Fsp3) is 0.607. The minimum absolute atomic E-state index is 0.0754. The van der Waals surface area contributed by atoms with Crippen molar-refractivity contribution in [1.82, 2.24) is 10.2 Å². The number of likely N-dealkylation sites (tertiary alicyclic amines) is 1. The molecule has 1 aromatic rings. The molecule has 2 saturated heterocycles. The maximum absolute atomic E-state index is 13.9. The zero-order chi connectivity index (χ0) is 25.6. The van der Waals surface area contributed by atoms with Crippen LogP contribution in [0.2, 0.25) is 5.02 Å². The van der Waals surface area contributed by atoms with Crippen molar-refractivity contribution in [3.63, 3.8) is 0 Å². The molecule has 0 radical (unpaired) electrons. The molecule has 3 amide bonds. The molecule has 7 nitrogen and oxygen atoms in total. The van der Waals surface area contributed by atoms with Crippen molar-refractivity contribution >= 4 is 35.0 Å². The molecule has 6 unspecified atom stereocenters. The van der Waals surface area contributed by atoms with Gasteiger partial charge in [0.2, 0.25) is 17.7 Å². The van der Waals surface area contributed by atoms with Gasteiger partial charge < -0.3 is 20.3 Å². The van der Waals surface area contributed by atoms with Crippen LogP contribution >= 0.6 is 11.6 Å². The summed E-state index contributed by atoms with van der Waals surface area (Å²) in [6.45, 7) is 6.96. The molecule has 2 bridgehead atoms. The van der Waals surface area contributed by atoms with E-state index < -0.39 is 29.6 Å². The summed E-state index contributed by atoms with van der Waals surface area (Å²) >= 11 is 5.98. The van der Waals surface area contributed by atoms with Gasteiger partial charge in [-0.3, -0.25) is 14.4 Å². The van der Waals surface area contributed by atoms with Gasteiger partial charge in [0.25, 0.3) is 0 Å². The fourth-order valence-electron chi connectivity index (χ4n) is 6.64. The van der Waals surface area contributed by atoms with E-state index in [1.807, 2.05) is 12.2 Å². The van der Waals surface area contributed by atoms with Crippen molar-refractivity contribution in [3.05, 3.63) is 41.4 Å². The number of rotatable bonds is 7. The highest BCUT2D eigenvalue weighted by molar-refractivity contribution is 6.30. The molecular weight excluding hydrogens is 478 g/mol. The third kappa shape index (κ3) is 4.14. The predicted octanol–water partition coefficient (Wildman–Crippen LogP) is 4.17. The number of hydrogen-bond donors (Lipinski definition) is 2. The van der Waals surface area contributed by atoms with Gasteiger partial charge in [-0.15, -0.1) is 0 Å². The van der Waals surface area contributed by atoms with Crippen LogP contribution in [0.15, 0.2) is 36.4 Å². The van der Waals surface area contributed by atoms with Crippen LogP contribution in [0.3, 0.4) is 0 Å². The van der Waals surface area contributed by atoms with Crippen molar-refractivity contribution in [3.8, 4) is 0 Å². The number of halogens is 1. The SMILES string of the molecule is CCCCN1C(=O)[C@@H]2C(C(=O)Nc3ccc(Cl)cc3)[C@@H]3C=CC2(O3)C1C(=O)NC1CCCC(C)C1C. The Morgan fingerprint density at radius 1 is 1.17 bits per heavy atom. The Balaban J connectivity index is 1.42. The zero-order valence-electron chi connectivity index (χ0n) is 21.2. The van der Waals surface area contributed by atoms with E-state index in [4.69, 9.17) is 16.3 Å². The third-order valence-corrected chi connectivity index (χ3v) is 9.08. The second kappa shape index (κ2) is 9.82. The molecule has 36 heavy (non-hydrogen) atoms. The summed E-state index contributed by atoms with van der Waals surface area (Å²) in [6.07, 6.45) is 8.05. The third-order valence-electron chi connectivity index (χ3n) is 8.82. The van der Waals surface area contributed by atoms with E-state index in [2.05, 4.69) is 31.4 Å². The minimum atomic E-state index is -1.12. The Labute approximate surface area is 218 Å². The number of anilines is 1. The summed E-state index contributed by atoms with van der Waals surface area (Å²) in [5.41, 5.74) is -0.515. The summed E-state index contributed by atoms with van der Waals surface area (Å²) in [5.74, 6) is -1.14. The molecule has 2 N–H and O–H groups in total. The number of benzene rings is 1. The molecule has 1 aliphatic carbocycles. The molecule has 194 valence electrons. The number of nitrogens with zero attached hydrogens (tertiary/aromatic N) is 1. The van der Waals surface area contributed by atoms with E-state index >= 15 is 0 Å². The monoisotopic (exact) mass is 513 g/mol. The molecule has 0 aromatic heterocycles. The van der Waals surface area contributed by atoms with Crippen LogP contribution in [0.25, 0.3) is 0 Å². The van der Waals surface area contributed by atoms with E-state index in [0.29, 0.717) is 29.1 Å². The van der Waals surface area contributed by atoms with E-state index in [-0.39, 0.29) is 23.8 Å². The Morgan fingerprint density at radius 2 is 1.92 bits per heavy atom. The first-order valence-corrected chi connectivity index (χ1v) is 13.7. The average molecular weight is 514 g/mol. The van der Waals surface area contributed by atoms with Gasteiger partial charge in [-0.25, -0.2) is 0 Å². The van der Waals surface area contributed by atoms with Crippen molar-refractivity contribution in [2.45, 2.75) is 76.7 Å². The Bertz CT molecular complexity index is 1060. The van der Waals surface area contributed by atoms with Gasteiger partial charge in [0.15, 0.2) is 0 Å². The van der Waals surface area contributed by atoms with Crippen LogP contribution in [-0.2, 0) is 19.1 Å². The van der Waals surface area contributed by atoms with E-state index in [0.717, 1.165) is 25.7 Å². The fourth-order valence-corrected chi connectivity index (χ4v) is 6.77. The summed E-state index contributed by atoms with van der Waals surface area (Å²) in [6, 6.07) is 6.17. The van der Waals surface area contributed by atoms with Crippen molar-refractivity contribution in [2.75, 3.05) is 11.9 Å². The number of hydrogen-bond acceptors (Lipinski definition) is 4. The molecule has 1 spiro atoms.